The first-order chi connectivity index (χ1) is 30.3. The van der Waals surface area contributed by atoms with Gasteiger partial charge in [-0.3, -0.25) is 9.59 Å². The number of carbonyl (C=O) groups is 4. The van der Waals surface area contributed by atoms with Crippen LogP contribution in [0.5, 0.6) is 34.5 Å². The lowest BCUT2D eigenvalue weighted by molar-refractivity contribution is 0.0683. The minimum atomic E-state index is -1.31. The molecule has 14 nitrogen and oxygen atoms in total. The minimum Gasteiger partial charge on any atom is -0.508 e. The van der Waals surface area contributed by atoms with Gasteiger partial charge >= 0.3 is 11.9 Å². The summed E-state index contributed by atoms with van der Waals surface area (Å²) >= 11 is 0. The van der Waals surface area contributed by atoms with Gasteiger partial charge in [0.2, 0.25) is 0 Å². The molecule has 0 spiro atoms. The molecule has 2 amide bonds. The molecule has 0 aliphatic carbocycles. The SMILES string of the molecule is C#COc1ccc(C(=O)Nc2ccc(OCC(C)(C)COc3ccc(NC(=O)c4ccc(OCCOc5ccccc5)cc4C(=O)O)cc3)cc2)c(C(=O)O)c1.Oc1ccccc1. The van der Waals surface area contributed by atoms with E-state index in [0.29, 0.717) is 46.7 Å². The number of phenols is 1. The maximum Gasteiger partial charge on any atom is 0.336 e. The van der Waals surface area contributed by atoms with E-state index in [0.717, 1.165) is 0 Å². The topological polar surface area (TPSA) is 199 Å². The summed E-state index contributed by atoms with van der Waals surface area (Å²) in [6, 6.07) is 39.3. The van der Waals surface area contributed by atoms with Gasteiger partial charge in [0.25, 0.3) is 11.8 Å². The molecular weight excluding hydrogens is 809 g/mol. The van der Waals surface area contributed by atoms with Gasteiger partial charge in [0, 0.05) is 16.8 Å². The van der Waals surface area contributed by atoms with Gasteiger partial charge in [-0.1, -0.05) is 56.7 Å². The molecule has 0 radical (unpaired) electrons. The summed E-state index contributed by atoms with van der Waals surface area (Å²) < 4.78 is 28.1. The molecule has 0 heterocycles. The molecule has 0 aliphatic rings. The van der Waals surface area contributed by atoms with Crippen LogP contribution in [0.2, 0.25) is 0 Å². The highest BCUT2D eigenvalue weighted by molar-refractivity contribution is 6.11. The van der Waals surface area contributed by atoms with Crippen LogP contribution in [0.25, 0.3) is 0 Å². The molecule has 63 heavy (non-hydrogen) atoms. The summed E-state index contributed by atoms with van der Waals surface area (Å²) in [6.45, 7) is 4.94. The van der Waals surface area contributed by atoms with E-state index in [9.17, 15) is 29.4 Å². The van der Waals surface area contributed by atoms with Gasteiger partial charge in [-0.15, -0.1) is 0 Å². The van der Waals surface area contributed by atoms with Crippen molar-refractivity contribution in [1.29, 1.82) is 0 Å². The Morgan fingerprint density at radius 1 is 0.524 bits per heavy atom. The van der Waals surface area contributed by atoms with Gasteiger partial charge < -0.3 is 49.6 Å². The maximum atomic E-state index is 13.1. The molecule has 0 unspecified atom stereocenters. The van der Waals surface area contributed by atoms with E-state index in [1.165, 1.54) is 36.4 Å². The summed E-state index contributed by atoms with van der Waals surface area (Å²) in [5, 5.41) is 33.3. The Hall–Kier alpha value is -8.44. The van der Waals surface area contributed by atoms with Crippen LogP contribution in [0.15, 0.2) is 146 Å². The highest BCUT2D eigenvalue weighted by atomic mass is 16.5. The van der Waals surface area contributed by atoms with E-state index in [1.807, 2.05) is 56.4 Å². The van der Waals surface area contributed by atoms with Crippen molar-refractivity contribution in [2.45, 2.75) is 13.8 Å². The standard InChI is InChI=1S/C43H38N2O11.C6H6O/c1-4-52-33-18-20-35(37(24-33)41(48)49)39(46)44-28-10-14-31(15-11-28)55-26-43(2,3)27-56-32-16-12-29(13-17-32)45-40(47)36-21-19-34(25-38(36)42(50)51)54-23-22-53-30-8-6-5-7-9-30;7-6-4-2-1-3-5-6/h1,5-21,24-25H,22-23,26-27H2,2-3H3,(H,44,46)(H,45,47)(H,48,49)(H,50,51);1-5,7H. The van der Waals surface area contributed by atoms with Crippen LogP contribution in [0.4, 0.5) is 11.4 Å². The summed E-state index contributed by atoms with van der Waals surface area (Å²) in [5.41, 5.74) is -0.120. The third-order valence-corrected chi connectivity index (χ3v) is 8.71. The molecular formula is C49H44N2O12. The fourth-order valence-electron chi connectivity index (χ4n) is 5.55. The molecule has 0 saturated heterocycles. The van der Waals surface area contributed by atoms with Gasteiger partial charge in [0.1, 0.15) is 53.8 Å². The number of aromatic carboxylic acids is 2. The number of aromatic hydroxyl groups is 1. The van der Waals surface area contributed by atoms with Crippen LogP contribution in [0, 0.1) is 17.9 Å². The van der Waals surface area contributed by atoms with Crippen molar-refractivity contribution in [2.24, 2.45) is 5.41 Å². The maximum absolute atomic E-state index is 13.1. The van der Waals surface area contributed by atoms with Gasteiger partial charge in [-0.2, -0.15) is 0 Å². The van der Waals surface area contributed by atoms with Gasteiger partial charge in [-0.25, -0.2) is 9.59 Å². The second-order valence-corrected chi connectivity index (χ2v) is 14.3. The van der Waals surface area contributed by atoms with E-state index in [4.69, 9.17) is 35.2 Å². The zero-order chi connectivity index (χ0) is 45.2. The largest absolute Gasteiger partial charge is 0.508 e. The van der Waals surface area contributed by atoms with E-state index in [-0.39, 0.29) is 47.8 Å². The molecule has 0 atom stereocenters. The molecule has 0 aromatic heterocycles. The highest BCUT2D eigenvalue weighted by Crippen LogP contribution is 2.26. The summed E-state index contributed by atoms with van der Waals surface area (Å²) in [4.78, 5) is 49.6. The highest BCUT2D eigenvalue weighted by Gasteiger charge is 2.22. The predicted octanol–water partition coefficient (Wildman–Crippen LogP) is 8.89. The van der Waals surface area contributed by atoms with Crippen molar-refractivity contribution in [3.63, 3.8) is 0 Å². The lowest BCUT2D eigenvalue weighted by Crippen LogP contribution is -2.28. The number of carboxylic acid groups (broad SMARTS) is 2. The van der Waals surface area contributed by atoms with Gasteiger partial charge in [0.05, 0.1) is 35.5 Å². The van der Waals surface area contributed by atoms with Gasteiger partial charge in [0.15, 0.2) is 0 Å². The van der Waals surface area contributed by atoms with E-state index < -0.39 is 29.2 Å². The molecule has 0 fully saturated rings. The lowest BCUT2D eigenvalue weighted by Gasteiger charge is -2.25. The normalized spacial score (nSPS) is 10.4. The first-order valence-electron chi connectivity index (χ1n) is 19.3. The summed E-state index contributed by atoms with van der Waals surface area (Å²) in [5.74, 6) is -1.28. The number of anilines is 2. The van der Waals surface area contributed by atoms with E-state index >= 15 is 0 Å². The smallest absolute Gasteiger partial charge is 0.336 e. The van der Waals surface area contributed by atoms with Crippen molar-refractivity contribution < 1.29 is 58.2 Å². The van der Waals surface area contributed by atoms with Crippen LogP contribution in [-0.2, 0) is 0 Å². The first kappa shape index (κ1) is 45.6. The number of phenolic OH excluding ortho intramolecular Hbond substituents is 1. The molecule has 14 heteroatoms. The third kappa shape index (κ3) is 14.4. The number of para-hydroxylation sites is 2. The summed E-state index contributed by atoms with van der Waals surface area (Å²) in [7, 11) is 0. The Kier molecular flexibility index (Phi) is 16.1. The molecule has 0 saturated carbocycles. The quantitative estimate of drug-likeness (QED) is 0.0407. The molecule has 322 valence electrons. The second-order valence-electron chi connectivity index (χ2n) is 14.3. The van der Waals surface area contributed by atoms with E-state index in [2.05, 4.69) is 10.6 Å². The zero-order valence-corrected chi connectivity index (χ0v) is 34.3. The number of nitrogens with one attached hydrogen (secondary N) is 2. The van der Waals surface area contributed by atoms with Crippen molar-refractivity contribution in [3.8, 4) is 47.0 Å². The van der Waals surface area contributed by atoms with Crippen LogP contribution in [0.1, 0.15) is 55.3 Å². The number of amides is 2. The fraction of sp³-hybridized carbons (Fsp3) is 0.143. The molecule has 5 N–H and O–H groups in total. The van der Waals surface area contributed by atoms with Gasteiger partial charge in [-0.05, 0) is 109 Å². The second kappa shape index (κ2) is 22.2. The lowest BCUT2D eigenvalue weighted by atomic mass is 9.96. The summed E-state index contributed by atoms with van der Waals surface area (Å²) in [6.07, 6.45) is 7.06. The number of terminal acetylenes is 1. The number of benzene rings is 6. The van der Waals surface area contributed by atoms with Crippen LogP contribution in [-0.4, -0.2) is 65.5 Å². The third-order valence-electron chi connectivity index (χ3n) is 8.71. The number of hydrogen-bond donors (Lipinski definition) is 5. The molecule has 6 rings (SSSR count). The molecule has 6 aromatic carbocycles. The Labute approximate surface area is 363 Å². The molecule has 6 aromatic rings. The average Bonchev–Trinajstić information content (AvgIpc) is 3.28. The van der Waals surface area contributed by atoms with Crippen molar-refractivity contribution in [1.82, 2.24) is 0 Å². The Balaban J connectivity index is 0.000000971. The number of carboxylic acids is 2. The number of carbonyl (C=O) groups excluding carboxylic acids is 2. The van der Waals surface area contributed by atoms with Crippen molar-refractivity contribution in [3.05, 3.63) is 168 Å². The number of rotatable bonds is 18. The van der Waals surface area contributed by atoms with Crippen LogP contribution in [0.3, 0.4) is 0 Å². The average molecular weight is 853 g/mol. The predicted molar refractivity (Wildman–Crippen MR) is 235 cm³/mol. The monoisotopic (exact) mass is 852 g/mol. The van der Waals surface area contributed by atoms with Crippen molar-refractivity contribution in [2.75, 3.05) is 37.1 Å². The molecule has 0 aliphatic heterocycles. The fourth-order valence-corrected chi connectivity index (χ4v) is 5.55. The van der Waals surface area contributed by atoms with Crippen molar-refractivity contribution >= 4 is 35.1 Å². The Morgan fingerprint density at radius 3 is 1.35 bits per heavy atom. The first-order valence-corrected chi connectivity index (χ1v) is 19.3. The number of hydrogen-bond acceptors (Lipinski definition) is 10. The van der Waals surface area contributed by atoms with E-state index in [1.54, 1.807) is 72.8 Å². The minimum absolute atomic E-state index is 0.0280. The zero-order valence-electron chi connectivity index (χ0n) is 34.3. The molecule has 0 bridgehead atoms. The Bertz CT molecular complexity index is 2520. The Morgan fingerprint density at radius 2 is 0.921 bits per heavy atom. The number of ether oxygens (including phenoxy) is 5. The van der Waals surface area contributed by atoms with Crippen LogP contribution < -0.4 is 34.3 Å². The van der Waals surface area contributed by atoms with Crippen LogP contribution >= 0.6 is 0 Å².